The Bertz CT molecular complexity index is 519. The van der Waals surface area contributed by atoms with Crippen LogP contribution in [0.2, 0.25) is 0 Å². The van der Waals surface area contributed by atoms with E-state index < -0.39 is 0 Å². The summed E-state index contributed by atoms with van der Waals surface area (Å²) in [7, 11) is 0. The second kappa shape index (κ2) is 8.47. The summed E-state index contributed by atoms with van der Waals surface area (Å²) in [6.07, 6.45) is 7.49. The molecule has 5 heteroatoms. The molecule has 0 bridgehead atoms. The Labute approximate surface area is 145 Å². The number of carbonyl (C=O) groups is 1. The lowest BCUT2D eigenvalue weighted by atomic mass is 9.85. The fourth-order valence-electron chi connectivity index (χ4n) is 3.75. The number of pyridine rings is 1. The minimum atomic E-state index is 0.150. The average Bonchev–Trinajstić information content (AvgIpc) is 3.16. The van der Waals surface area contributed by atoms with E-state index >= 15 is 0 Å². The molecule has 0 aliphatic carbocycles. The second-order valence-electron chi connectivity index (χ2n) is 7.28. The molecule has 2 atom stereocenters. The lowest BCUT2D eigenvalue weighted by Gasteiger charge is -2.28. The molecule has 1 amide bonds. The van der Waals surface area contributed by atoms with Gasteiger partial charge < -0.3 is 15.5 Å². The van der Waals surface area contributed by atoms with Gasteiger partial charge in [-0.25, -0.2) is 4.98 Å². The Hall–Kier alpha value is -1.62. The van der Waals surface area contributed by atoms with Gasteiger partial charge in [-0.1, -0.05) is 13.0 Å². The van der Waals surface area contributed by atoms with Crippen LogP contribution in [0.5, 0.6) is 0 Å². The van der Waals surface area contributed by atoms with E-state index in [4.69, 9.17) is 0 Å². The Kier molecular flexibility index (Phi) is 6.07. The molecule has 0 radical (unpaired) electrons. The summed E-state index contributed by atoms with van der Waals surface area (Å²) in [6, 6.07) is 4.15. The molecule has 5 nitrogen and oxygen atoms in total. The van der Waals surface area contributed by atoms with Crippen molar-refractivity contribution in [2.24, 2.45) is 11.8 Å². The van der Waals surface area contributed by atoms with E-state index in [1.807, 2.05) is 6.20 Å². The van der Waals surface area contributed by atoms with Crippen molar-refractivity contribution in [2.75, 3.05) is 31.1 Å². The van der Waals surface area contributed by atoms with Crippen molar-refractivity contribution in [3.63, 3.8) is 0 Å². The van der Waals surface area contributed by atoms with Crippen LogP contribution in [-0.4, -0.2) is 37.1 Å². The highest BCUT2D eigenvalue weighted by atomic mass is 16.1. The van der Waals surface area contributed by atoms with E-state index in [1.54, 1.807) is 0 Å². The molecule has 0 aromatic carbocycles. The van der Waals surface area contributed by atoms with Crippen LogP contribution in [0.15, 0.2) is 18.3 Å². The van der Waals surface area contributed by atoms with Gasteiger partial charge in [-0.2, -0.15) is 0 Å². The Morgan fingerprint density at radius 3 is 2.88 bits per heavy atom. The number of hydrogen-bond donors (Lipinski definition) is 2. The maximum Gasteiger partial charge on any atom is 0.220 e. The first kappa shape index (κ1) is 17.2. The first-order valence-corrected chi connectivity index (χ1v) is 9.39. The van der Waals surface area contributed by atoms with E-state index in [2.05, 4.69) is 39.6 Å². The molecule has 2 fully saturated rings. The number of piperidine rings is 1. The topological polar surface area (TPSA) is 57.3 Å². The quantitative estimate of drug-likeness (QED) is 0.840. The standard InChI is InChI=1S/C19H30N4O/c1-15(17-5-4-8-20-14-17)11-19(24)22-13-16-6-7-18(21-12-16)23-9-2-3-10-23/h6-7,12,15,17,20H,2-5,8-11,13-14H2,1H3,(H,22,24). The molecule has 2 unspecified atom stereocenters. The molecular weight excluding hydrogens is 300 g/mol. The van der Waals surface area contributed by atoms with E-state index in [1.165, 1.54) is 25.7 Å². The van der Waals surface area contributed by atoms with Gasteiger partial charge in [-0.3, -0.25) is 4.79 Å². The Morgan fingerprint density at radius 2 is 2.21 bits per heavy atom. The molecule has 2 aliphatic rings. The molecule has 0 spiro atoms. The third kappa shape index (κ3) is 4.69. The average molecular weight is 330 g/mol. The maximum absolute atomic E-state index is 12.2. The van der Waals surface area contributed by atoms with Gasteiger partial charge in [0.25, 0.3) is 0 Å². The van der Waals surface area contributed by atoms with Gasteiger partial charge in [0.1, 0.15) is 5.82 Å². The smallest absolute Gasteiger partial charge is 0.220 e. The summed E-state index contributed by atoms with van der Waals surface area (Å²) in [4.78, 5) is 19.0. The Morgan fingerprint density at radius 1 is 1.38 bits per heavy atom. The first-order valence-electron chi connectivity index (χ1n) is 9.39. The number of nitrogens with zero attached hydrogens (tertiary/aromatic N) is 2. The second-order valence-corrected chi connectivity index (χ2v) is 7.28. The number of anilines is 1. The zero-order valence-electron chi connectivity index (χ0n) is 14.8. The van der Waals surface area contributed by atoms with Crippen molar-refractivity contribution in [3.8, 4) is 0 Å². The summed E-state index contributed by atoms with van der Waals surface area (Å²) < 4.78 is 0. The number of hydrogen-bond acceptors (Lipinski definition) is 4. The number of nitrogens with one attached hydrogen (secondary N) is 2. The van der Waals surface area contributed by atoms with Gasteiger partial charge in [-0.15, -0.1) is 0 Å². The molecule has 2 aliphatic heterocycles. The monoisotopic (exact) mass is 330 g/mol. The molecule has 1 aromatic rings. The van der Waals surface area contributed by atoms with Gasteiger partial charge in [0.15, 0.2) is 0 Å². The van der Waals surface area contributed by atoms with Gasteiger partial charge in [0.2, 0.25) is 5.91 Å². The fourth-order valence-corrected chi connectivity index (χ4v) is 3.75. The van der Waals surface area contributed by atoms with Crippen LogP contribution in [0.25, 0.3) is 0 Å². The third-order valence-corrected chi connectivity index (χ3v) is 5.38. The SMILES string of the molecule is CC(CC(=O)NCc1ccc(N2CCCC2)nc1)C1CCCNC1. The van der Waals surface area contributed by atoms with Crippen molar-refractivity contribution in [2.45, 2.75) is 45.6 Å². The summed E-state index contributed by atoms with van der Waals surface area (Å²) in [6.45, 7) is 7.16. The normalized spacial score (nSPS) is 22.4. The molecule has 1 aromatic heterocycles. The number of carbonyl (C=O) groups excluding carboxylic acids is 1. The van der Waals surface area contributed by atoms with Crippen molar-refractivity contribution >= 4 is 11.7 Å². The maximum atomic E-state index is 12.2. The molecule has 3 rings (SSSR count). The number of aromatic nitrogens is 1. The summed E-state index contributed by atoms with van der Waals surface area (Å²) in [5.74, 6) is 2.28. The molecule has 2 saturated heterocycles. The van der Waals surface area contributed by atoms with Crippen LogP contribution in [0.3, 0.4) is 0 Å². The van der Waals surface area contributed by atoms with Crippen molar-refractivity contribution in [3.05, 3.63) is 23.9 Å². The molecule has 24 heavy (non-hydrogen) atoms. The molecule has 3 heterocycles. The first-order chi connectivity index (χ1) is 11.7. The molecule has 0 saturated carbocycles. The van der Waals surface area contributed by atoms with E-state index in [0.717, 1.165) is 37.6 Å². The largest absolute Gasteiger partial charge is 0.357 e. The molecule has 2 N–H and O–H groups in total. The summed E-state index contributed by atoms with van der Waals surface area (Å²) >= 11 is 0. The van der Waals surface area contributed by atoms with Crippen LogP contribution in [-0.2, 0) is 11.3 Å². The highest BCUT2D eigenvalue weighted by molar-refractivity contribution is 5.76. The van der Waals surface area contributed by atoms with Crippen LogP contribution < -0.4 is 15.5 Å². The molecule has 132 valence electrons. The fraction of sp³-hybridized carbons (Fsp3) is 0.684. The predicted molar refractivity (Wildman–Crippen MR) is 96.9 cm³/mol. The van der Waals surface area contributed by atoms with Crippen LogP contribution in [0, 0.1) is 11.8 Å². The van der Waals surface area contributed by atoms with Crippen LogP contribution in [0.4, 0.5) is 5.82 Å². The van der Waals surface area contributed by atoms with E-state index in [9.17, 15) is 4.79 Å². The lowest BCUT2D eigenvalue weighted by Crippen LogP contribution is -2.35. The van der Waals surface area contributed by atoms with E-state index in [-0.39, 0.29) is 5.91 Å². The molecular formula is C19H30N4O. The Balaban J connectivity index is 1.42. The van der Waals surface area contributed by atoms with Gasteiger partial charge in [0, 0.05) is 32.3 Å². The van der Waals surface area contributed by atoms with Gasteiger partial charge >= 0.3 is 0 Å². The summed E-state index contributed by atoms with van der Waals surface area (Å²) in [5, 5.41) is 6.48. The lowest BCUT2D eigenvalue weighted by molar-refractivity contribution is -0.122. The predicted octanol–water partition coefficient (Wildman–Crippen LogP) is 2.32. The highest BCUT2D eigenvalue weighted by Crippen LogP contribution is 2.22. The highest BCUT2D eigenvalue weighted by Gasteiger charge is 2.21. The van der Waals surface area contributed by atoms with Gasteiger partial charge in [0.05, 0.1) is 0 Å². The van der Waals surface area contributed by atoms with Crippen molar-refractivity contribution < 1.29 is 4.79 Å². The minimum Gasteiger partial charge on any atom is -0.357 e. The van der Waals surface area contributed by atoms with Gasteiger partial charge in [-0.05, 0) is 62.2 Å². The van der Waals surface area contributed by atoms with Crippen LogP contribution >= 0.6 is 0 Å². The van der Waals surface area contributed by atoms with Crippen LogP contribution in [0.1, 0.15) is 44.6 Å². The number of amides is 1. The third-order valence-electron chi connectivity index (χ3n) is 5.38. The van der Waals surface area contributed by atoms with Crippen molar-refractivity contribution in [1.29, 1.82) is 0 Å². The minimum absolute atomic E-state index is 0.150. The summed E-state index contributed by atoms with van der Waals surface area (Å²) in [5.41, 5.74) is 1.07. The zero-order valence-corrected chi connectivity index (χ0v) is 14.8. The van der Waals surface area contributed by atoms with Crippen molar-refractivity contribution in [1.82, 2.24) is 15.6 Å². The zero-order chi connectivity index (χ0) is 16.8. The van der Waals surface area contributed by atoms with E-state index in [0.29, 0.717) is 24.8 Å². The number of rotatable bonds is 6.